The van der Waals surface area contributed by atoms with E-state index in [2.05, 4.69) is 38.2 Å². The maximum atomic E-state index is 2.38. The normalized spacial score (nSPS) is 11.9. The van der Waals surface area contributed by atoms with Gasteiger partial charge >= 0.3 is 0 Å². The Morgan fingerprint density at radius 2 is 1.00 bits per heavy atom. The Hall–Kier alpha value is -0.520. The lowest BCUT2D eigenvalue weighted by molar-refractivity contribution is 0.583. The Bertz CT molecular complexity index is 188. The first-order chi connectivity index (χ1) is 8.91. The predicted molar refractivity (Wildman–Crippen MR) is 85.0 cm³/mol. The van der Waals surface area contributed by atoms with Crippen molar-refractivity contribution in [3.05, 3.63) is 24.3 Å². The van der Waals surface area contributed by atoms with Gasteiger partial charge in [0.2, 0.25) is 0 Å². The van der Waals surface area contributed by atoms with E-state index in [1.807, 2.05) is 0 Å². The highest BCUT2D eigenvalue weighted by Gasteiger charge is 1.90. The number of unbranched alkanes of at least 4 members (excludes halogenated alkanes) is 10. The summed E-state index contributed by atoms with van der Waals surface area (Å²) < 4.78 is 0. The van der Waals surface area contributed by atoms with Crippen LogP contribution in [0.25, 0.3) is 0 Å². The van der Waals surface area contributed by atoms with Gasteiger partial charge in [0.15, 0.2) is 0 Å². The number of hydrogen-bond acceptors (Lipinski definition) is 0. The molecule has 0 aliphatic carbocycles. The van der Waals surface area contributed by atoms with Gasteiger partial charge in [0.25, 0.3) is 0 Å². The molecule has 0 aliphatic heterocycles. The zero-order valence-corrected chi connectivity index (χ0v) is 12.8. The molecule has 0 fully saturated rings. The maximum Gasteiger partial charge on any atom is -0.0351 e. The van der Waals surface area contributed by atoms with Crippen LogP contribution in [0, 0.1) is 0 Å². The number of rotatable bonds is 13. The molecule has 0 heteroatoms. The Morgan fingerprint density at radius 3 is 1.50 bits per heavy atom. The molecule has 0 saturated heterocycles. The van der Waals surface area contributed by atoms with Gasteiger partial charge in [0.05, 0.1) is 0 Å². The Morgan fingerprint density at radius 1 is 0.556 bits per heavy atom. The molecular weight excluding hydrogens is 216 g/mol. The predicted octanol–water partition coefficient (Wildman–Crippen LogP) is 6.82. The minimum atomic E-state index is 1.28. The molecule has 0 radical (unpaired) electrons. The van der Waals surface area contributed by atoms with Gasteiger partial charge in [0, 0.05) is 0 Å². The van der Waals surface area contributed by atoms with Crippen molar-refractivity contribution in [1.29, 1.82) is 0 Å². The molecule has 18 heavy (non-hydrogen) atoms. The van der Waals surface area contributed by atoms with E-state index in [-0.39, 0.29) is 0 Å². The first-order valence-electron chi connectivity index (χ1n) is 8.18. The molecule has 0 aromatic heterocycles. The molecule has 0 unspecified atom stereocenters. The summed E-state index contributed by atoms with van der Waals surface area (Å²) >= 11 is 0. The Kier molecular flexibility index (Phi) is 16.0. The van der Waals surface area contributed by atoms with Crippen LogP contribution in [0.5, 0.6) is 0 Å². The van der Waals surface area contributed by atoms with E-state index < -0.39 is 0 Å². The molecule has 0 N–H and O–H groups in total. The summed E-state index contributed by atoms with van der Waals surface area (Å²) in [5.74, 6) is 0. The van der Waals surface area contributed by atoms with Gasteiger partial charge in [-0.2, -0.15) is 0 Å². The van der Waals surface area contributed by atoms with E-state index in [1.165, 1.54) is 77.0 Å². The van der Waals surface area contributed by atoms with Crippen LogP contribution >= 0.6 is 0 Å². The van der Waals surface area contributed by atoms with Gasteiger partial charge in [-0.25, -0.2) is 0 Å². The SMILES string of the molecule is C/C=C\CCCCCCCCC/C=C\CCCC. The van der Waals surface area contributed by atoms with Crippen LogP contribution in [-0.4, -0.2) is 0 Å². The van der Waals surface area contributed by atoms with Crippen LogP contribution < -0.4 is 0 Å². The van der Waals surface area contributed by atoms with Gasteiger partial charge < -0.3 is 0 Å². The molecule has 106 valence electrons. The number of hydrogen-bond donors (Lipinski definition) is 0. The van der Waals surface area contributed by atoms with E-state index in [0.29, 0.717) is 0 Å². The van der Waals surface area contributed by atoms with Gasteiger partial charge in [-0.1, -0.05) is 76.2 Å². The third-order valence-corrected chi connectivity index (χ3v) is 3.37. The van der Waals surface area contributed by atoms with Crippen LogP contribution in [-0.2, 0) is 0 Å². The zero-order valence-electron chi connectivity index (χ0n) is 12.8. The third-order valence-electron chi connectivity index (χ3n) is 3.37. The summed E-state index contributed by atoms with van der Waals surface area (Å²) in [4.78, 5) is 0. The highest BCUT2D eigenvalue weighted by atomic mass is 14.0. The minimum Gasteiger partial charge on any atom is -0.0917 e. The average Bonchev–Trinajstić information content (AvgIpc) is 2.39. The van der Waals surface area contributed by atoms with Gasteiger partial charge in [-0.15, -0.1) is 0 Å². The fourth-order valence-electron chi connectivity index (χ4n) is 2.13. The summed E-state index contributed by atoms with van der Waals surface area (Å²) in [5.41, 5.74) is 0. The van der Waals surface area contributed by atoms with E-state index in [0.717, 1.165) is 0 Å². The van der Waals surface area contributed by atoms with Crippen molar-refractivity contribution in [1.82, 2.24) is 0 Å². The minimum absolute atomic E-state index is 1.28. The van der Waals surface area contributed by atoms with Crippen molar-refractivity contribution in [2.45, 2.75) is 90.9 Å². The van der Waals surface area contributed by atoms with Crippen LogP contribution in [0.2, 0.25) is 0 Å². The summed E-state index contributed by atoms with van der Waals surface area (Å²) in [6, 6.07) is 0. The van der Waals surface area contributed by atoms with E-state index in [1.54, 1.807) is 0 Å². The lowest BCUT2D eigenvalue weighted by atomic mass is 10.1. The molecule has 0 aromatic carbocycles. The van der Waals surface area contributed by atoms with E-state index in [4.69, 9.17) is 0 Å². The molecule has 0 amide bonds. The summed E-state index contributed by atoms with van der Waals surface area (Å²) in [7, 11) is 0. The van der Waals surface area contributed by atoms with Crippen molar-refractivity contribution in [3.63, 3.8) is 0 Å². The van der Waals surface area contributed by atoms with Gasteiger partial charge in [-0.3, -0.25) is 0 Å². The molecule has 0 bridgehead atoms. The Labute approximate surface area is 116 Å². The molecule has 0 nitrogen and oxygen atoms in total. The quantitative estimate of drug-likeness (QED) is 0.248. The molecule has 0 saturated carbocycles. The first-order valence-corrected chi connectivity index (χ1v) is 8.18. The fraction of sp³-hybridized carbons (Fsp3) is 0.778. The van der Waals surface area contributed by atoms with Crippen molar-refractivity contribution in [3.8, 4) is 0 Å². The van der Waals surface area contributed by atoms with Gasteiger partial charge in [-0.05, 0) is 39.0 Å². The second-order valence-corrected chi connectivity index (χ2v) is 5.23. The number of allylic oxidation sites excluding steroid dienone is 4. The fourth-order valence-corrected chi connectivity index (χ4v) is 2.13. The molecule has 0 atom stereocenters. The lowest BCUT2D eigenvalue weighted by Gasteiger charge is -2.00. The second-order valence-electron chi connectivity index (χ2n) is 5.23. The highest BCUT2D eigenvalue weighted by molar-refractivity contribution is 4.81. The van der Waals surface area contributed by atoms with Gasteiger partial charge in [0.1, 0.15) is 0 Å². The molecule has 0 rings (SSSR count). The Balaban J connectivity index is 3.00. The molecule has 0 heterocycles. The lowest BCUT2D eigenvalue weighted by Crippen LogP contribution is -1.80. The van der Waals surface area contributed by atoms with Crippen LogP contribution in [0.1, 0.15) is 90.9 Å². The third kappa shape index (κ3) is 15.5. The molecule has 0 aromatic rings. The topological polar surface area (TPSA) is 0 Å². The standard InChI is InChI=1S/C18H34/c1-3-5-7-9-11-13-15-17-18-16-14-12-10-8-6-4-2/h3,5,10,12H,4,6-9,11,13-18H2,1-2H3/b5-3-,12-10-. The average molecular weight is 250 g/mol. The second kappa shape index (κ2) is 16.5. The maximum absolute atomic E-state index is 2.38. The summed E-state index contributed by atoms with van der Waals surface area (Å²) in [6.07, 6.45) is 25.6. The zero-order chi connectivity index (χ0) is 13.3. The van der Waals surface area contributed by atoms with Crippen molar-refractivity contribution in [2.75, 3.05) is 0 Å². The van der Waals surface area contributed by atoms with Crippen LogP contribution in [0.3, 0.4) is 0 Å². The largest absolute Gasteiger partial charge is 0.0917 e. The summed E-state index contributed by atoms with van der Waals surface area (Å²) in [5, 5.41) is 0. The van der Waals surface area contributed by atoms with Crippen LogP contribution in [0.4, 0.5) is 0 Å². The molecule has 0 spiro atoms. The first kappa shape index (κ1) is 17.5. The van der Waals surface area contributed by atoms with E-state index >= 15 is 0 Å². The molecular formula is C18H34. The smallest absolute Gasteiger partial charge is 0.0351 e. The highest BCUT2D eigenvalue weighted by Crippen LogP contribution is 2.10. The van der Waals surface area contributed by atoms with Crippen molar-refractivity contribution < 1.29 is 0 Å². The van der Waals surface area contributed by atoms with Crippen molar-refractivity contribution >= 4 is 0 Å². The van der Waals surface area contributed by atoms with Crippen molar-refractivity contribution in [2.24, 2.45) is 0 Å². The van der Waals surface area contributed by atoms with Crippen LogP contribution in [0.15, 0.2) is 24.3 Å². The molecule has 0 aliphatic rings. The monoisotopic (exact) mass is 250 g/mol. The van der Waals surface area contributed by atoms with E-state index in [9.17, 15) is 0 Å². The summed E-state index contributed by atoms with van der Waals surface area (Å²) in [6.45, 7) is 4.36.